The molecule has 1 heterocycles. The highest BCUT2D eigenvalue weighted by molar-refractivity contribution is 5.76. The lowest BCUT2D eigenvalue weighted by Crippen LogP contribution is -2.40. The van der Waals surface area contributed by atoms with E-state index in [4.69, 9.17) is 5.11 Å². The Labute approximate surface area is 93.0 Å². The van der Waals surface area contributed by atoms with E-state index in [-0.39, 0.29) is 12.0 Å². The number of hydrogen-bond acceptors (Lipinski definition) is 3. The van der Waals surface area contributed by atoms with Crippen LogP contribution in [0.5, 0.6) is 0 Å². The molecule has 0 saturated carbocycles. The monoisotopic (exact) mass is 225 g/mol. The third-order valence-corrected chi connectivity index (χ3v) is 2.48. The highest BCUT2D eigenvalue weighted by Crippen LogP contribution is 2.11. The van der Waals surface area contributed by atoms with Crippen molar-refractivity contribution >= 4 is 5.97 Å². The highest BCUT2D eigenvalue weighted by atomic mass is 16.4. The summed E-state index contributed by atoms with van der Waals surface area (Å²) in [6.07, 6.45) is 0. The Bertz CT molecular complexity index is 447. The van der Waals surface area contributed by atoms with Crippen molar-refractivity contribution in [3.05, 3.63) is 33.7 Å². The fraction of sp³-hybridized carbons (Fsp3) is 0.455. The standard InChI is InChI=1S/C11H15NO4/c1-7-4-9(13)5-8(2)12(7)6-11(3,16)10(14)15/h4-5,16H,6H2,1-3H3,(H,14,15). The minimum Gasteiger partial charge on any atom is -0.479 e. The van der Waals surface area contributed by atoms with Gasteiger partial charge >= 0.3 is 5.97 Å². The summed E-state index contributed by atoms with van der Waals surface area (Å²) in [6.45, 7) is 4.55. The van der Waals surface area contributed by atoms with Gasteiger partial charge in [0.25, 0.3) is 0 Å². The van der Waals surface area contributed by atoms with E-state index in [9.17, 15) is 14.7 Å². The Morgan fingerprint density at radius 2 is 1.81 bits per heavy atom. The molecule has 0 fully saturated rings. The summed E-state index contributed by atoms with van der Waals surface area (Å²) in [5.41, 5.74) is -0.704. The van der Waals surface area contributed by atoms with E-state index in [1.165, 1.54) is 19.1 Å². The largest absolute Gasteiger partial charge is 0.479 e. The van der Waals surface area contributed by atoms with Crippen LogP contribution in [0.1, 0.15) is 18.3 Å². The molecule has 0 saturated heterocycles. The third-order valence-electron chi connectivity index (χ3n) is 2.48. The van der Waals surface area contributed by atoms with Crippen LogP contribution < -0.4 is 5.43 Å². The van der Waals surface area contributed by atoms with Gasteiger partial charge < -0.3 is 14.8 Å². The van der Waals surface area contributed by atoms with Crippen molar-refractivity contribution in [2.75, 3.05) is 0 Å². The van der Waals surface area contributed by atoms with Crippen molar-refractivity contribution in [2.24, 2.45) is 0 Å². The topological polar surface area (TPSA) is 79.5 Å². The van der Waals surface area contributed by atoms with Gasteiger partial charge in [-0.05, 0) is 20.8 Å². The van der Waals surface area contributed by atoms with Crippen LogP contribution in [-0.2, 0) is 11.3 Å². The summed E-state index contributed by atoms with van der Waals surface area (Å²) < 4.78 is 1.61. The van der Waals surface area contributed by atoms with Gasteiger partial charge in [-0.3, -0.25) is 4.79 Å². The van der Waals surface area contributed by atoms with Crippen LogP contribution in [0.25, 0.3) is 0 Å². The molecule has 5 heteroatoms. The van der Waals surface area contributed by atoms with E-state index in [0.717, 1.165) is 0 Å². The summed E-state index contributed by atoms with van der Waals surface area (Å²) in [4.78, 5) is 22.0. The van der Waals surface area contributed by atoms with Gasteiger partial charge in [-0.25, -0.2) is 4.79 Å². The molecule has 0 aliphatic rings. The fourth-order valence-corrected chi connectivity index (χ4v) is 1.51. The number of pyridine rings is 1. The molecule has 1 aromatic rings. The van der Waals surface area contributed by atoms with Crippen molar-refractivity contribution in [3.63, 3.8) is 0 Å². The van der Waals surface area contributed by atoms with Gasteiger partial charge in [-0.2, -0.15) is 0 Å². The molecule has 1 aromatic heterocycles. The van der Waals surface area contributed by atoms with Crippen LogP contribution in [0.3, 0.4) is 0 Å². The van der Waals surface area contributed by atoms with E-state index < -0.39 is 11.6 Å². The van der Waals surface area contributed by atoms with Crippen molar-refractivity contribution in [3.8, 4) is 0 Å². The summed E-state index contributed by atoms with van der Waals surface area (Å²) in [5.74, 6) is -1.29. The predicted molar refractivity (Wildman–Crippen MR) is 58.4 cm³/mol. The minimum absolute atomic E-state index is 0.0831. The lowest BCUT2D eigenvalue weighted by molar-refractivity contribution is -0.157. The van der Waals surface area contributed by atoms with Gasteiger partial charge in [0.1, 0.15) is 0 Å². The van der Waals surface area contributed by atoms with Crippen LogP contribution in [0.4, 0.5) is 0 Å². The molecule has 0 bridgehead atoms. The lowest BCUT2D eigenvalue weighted by atomic mass is 10.1. The van der Waals surface area contributed by atoms with Crippen LogP contribution in [0.2, 0.25) is 0 Å². The number of carboxylic acids is 1. The first-order valence-electron chi connectivity index (χ1n) is 4.88. The molecule has 88 valence electrons. The number of aliphatic carboxylic acids is 1. The molecule has 0 aliphatic carbocycles. The van der Waals surface area contributed by atoms with E-state index in [1.807, 2.05) is 0 Å². The Balaban J connectivity index is 3.16. The van der Waals surface area contributed by atoms with Gasteiger partial charge in [0.2, 0.25) is 0 Å². The van der Waals surface area contributed by atoms with Gasteiger partial charge in [-0.1, -0.05) is 0 Å². The number of rotatable bonds is 3. The normalized spacial score (nSPS) is 14.5. The number of aromatic nitrogens is 1. The fourth-order valence-electron chi connectivity index (χ4n) is 1.51. The smallest absolute Gasteiger partial charge is 0.337 e. The number of aryl methyl sites for hydroxylation is 2. The van der Waals surface area contributed by atoms with Crippen LogP contribution in [-0.4, -0.2) is 26.4 Å². The number of nitrogens with zero attached hydrogens (tertiary/aromatic N) is 1. The molecule has 0 aliphatic heterocycles. The maximum Gasteiger partial charge on any atom is 0.337 e. The van der Waals surface area contributed by atoms with E-state index in [1.54, 1.807) is 18.4 Å². The molecule has 0 aromatic carbocycles. The van der Waals surface area contributed by atoms with E-state index in [2.05, 4.69) is 0 Å². The Morgan fingerprint density at radius 1 is 1.38 bits per heavy atom. The second-order valence-electron chi connectivity index (χ2n) is 4.14. The molecule has 1 rings (SSSR count). The first kappa shape index (κ1) is 12.4. The zero-order valence-electron chi connectivity index (χ0n) is 9.52. The quantitative estimate of drug-likeness (QED) is 0.775. The average Bonchev–Trinajstić information content (AvgIpc) is 2.11. The van der Waals surface area contributed by atoms with Crippen LogP contribution in [0, 0.1) is 13.8 Å². The summed E-state index contributed by atoms with van der Waals surface area (Å²) in [6, 6.07) is 2.82. The minimum atomic E-state index is -1.84. The molecule has 1 unspecified atom stereocenters. The van der Waals surface area contributed by atoms with Crippen molar-refractivity contribution < 1.29 is 15.0 Å². The van der Waals surface area contributed by atoms with Gasteiger partial charge in [0.15, 0.2) is 11.0 Å². The number of carboxylic acid groups (broad SMARTS) is 1. The lowest BCUT2D eigenvalue weighted by Gasteiger charge is -2.23. The van der Waals surface area contributed by atoms with Crippen molar-refractivity contribution in [1.82, 2.24) is 4.57 Å². The second-order valence-corrected chi connectivity index (χ2v) is 4.14. The maximum absolute atomic E-state index is 11.2. The molecular formula is C11H15NO4. The van der Waals surface area contributed by atoms with E-state index >= 15 is 0 Å². The summed E-state index contributed by atoms with van der Waals surface area (Å²) in [7, 11) is 0. The molecule has 5 nitrogen and oxygen atoms in total. The zero-order valence-corrected chi connectivity index (χ0v) is 9.52. The van der Waals surface area contributed by atoms with Gasteiger partial charge in [-0.15, -0.1) is 0 Å². The first-order chi connectivity index (χ1) is 7.24. The Kier molecular flexibility index (Phi) is 3.19. The Hall–Kier alpha value is -1.62. The number of aliphatic hydroxyl groups is 1. The first-order valence-corrected chi connectivity index (χ1v) is 4.88. The Morgan fingerprint density at radius 3 is 2.19 bits per heavy atom. The van der Waals surface area contributed by atoms with Crippen LogP contribution in [0.15, 0.2) is 16.9 Å². The molecular weight excluding hydrogens is 210 g/mol. The summed E-state index contributed by atoms with van der Waals surface area (Å²) in [5, 5.41) is 18.5. The van der Waals surface area contributed by atoms with Crippen molar-refractivity contribution in [1.29, 1.82) is 0 Å². The SMILES string of the molecule is Cc1cc(=O)cc(C)n1CC(C)(O)C(=O)O. The second kappa shape index (κ2) is 4.09. The molecule has 16 heavy (non-hydrogen) atoms. The molecule has 2 N–H and O–H groups in total. The molecule has 0 spiro atoms. The molecule has 0 radical (unpaired) electrons. The molecule has 1 atom stereocenters. The van der Waals surface area contributed by atoms with Gasteiger partial charge in [0.05, 0.1) is 6.54 Å². The van der Waals surface area contributed by atoms with Crippen LogP contribution >= 0.6 is 0 Å². The average molecular weight is 225 g/mol. The van der Waals surface area contributed by atoms with Crippen molar-refractivity contribution in [2.45, 2.75) is 32.9 Å². The zero-order chi connectivity index (χ0) is 12.5. The predicted octanol–water partition coefficient (Wildman–Crippen LogP) is 0.301. The maximum atomic E-state index is 11.2. The number of carbonyl (C=O) groups is 1. The highest BCUT2D eigenvalue weighted by Gasteiger charge is 2.30. The third kappa shape index (κ3) is 2.49. The number of hydrogen-bond donors (Lipinski definition) is 2. The van der Waals surface area contributed by atoms with E-state index in [0.29, 0.717) is 11.4 Å². The van der Waals surface area contributed by atoms with Gasteiger partial charge in [0, 0.05) is 23.5 Å². The summed E-state index contributed by atoms with van der Waals surface area (Å²) >= 11 is 0. The molecule has 0 amide bonds.